The molecule has 2 aromatic heterocycles. The van der Waals surface area contributed by atoms with Gasteiger partial charge in [-0.15, -0.1) is 11.3 Å². The van der Waals surface area contributed by atoms with Crippen molar-refractivity contribution in [1.82, 2.24) is 4.98 Å². The molecule has 0 N–H and O–H groups in total. The molecular weight excluding hydrogens is 252 g/mol. The molecule has 0 saturated carbocycles. The molecular formula is C10H9F2NOS2. The van der Waals surface area contributed by atoms with Gasteiger partial charge in [-0.25, -0.2) is 13.8 Å². The zero-order valence-electron chi connectivity index (χ0n) is 8.44. The van der Waals surface area contributed by atoms with E-state index in [1.807, 2.05) is 6.92 Å². The summed E-state index contributed by atoms with van der Waals surface area (Å²) in [5.74, 6) is 0.516. The molecule has 0 aliphatic carbocycles. The molecule has 0 saturated heterocycles. The van der Waals surface area contributed by atoms with Crippen molar-refractivity contribution in [3.8, 4) is 0 Å². The third kappa shape index (κ3) is 1.99. The van der Waals surface area contributed by atoms with E-state index in [-0.39, 0.29) is 5.69 Å². The Morgan fingerprint density at radius 3 is 2.88 bits per heavy atom. The summed E-state index contributed by atoms with van der Waals surface area (Å²) >= 11 is 1.25. The Morgan fingerprint density at radius 1 is 1.50 bits per heavy atom. The van der Waals surface area contributed by atoms with E-state index in [0.717, 1.165) is 5.39 Å². The zero-order chi connectivity index (χ0) is 11.7. The molecule has 2 nitrogen and oxygen atoms in total. The Hall–Kier alpha value is -0.880. The van der Waals surface area contributed by atoms with Gasteiger partial charge in [0.25, 0.3) is 6.43 Å². The fourth-order valence-electron chi connectivity index (χ4n) is 1.36. The van der Waals surface area contributed by atoms with Gasteiger partial charge in [0, 0.05) is 16.5 Å². The molecule has 86 valence electrons. The summed E-state index contributed by atoms with van der Waals surface area (Å²) in [6.07, 6.45) is -2.56. The lowest BCUT2D eigenvalue weighted by Gasteiger charge is -1.99. The van der Waals surface area contributed by atoms with Crippen LogP contribution in [0.15, 0.2) is 22.4 Å². The maximum atomic E-state index is 12.4. The highest BCUT2D eigenvalue weighted by Gasteiger charge is 2.14. The van der Waals surface area contributed by atoms with Crippen LogP contribution in [0, 0.1) is 0 Å². The number of alkyl halides is 2. The van der Waals surface area contributed by atoms with Gasteiger partial charge < -0.3 is 0 Å². The second-order valence-electron chi connectivity index (χ2n) is 3.12. The number of rotatable bonds is 3. The molecule has 1 atom stereocenters. The molecule has 0 fully saturated rings. The number of pyridine rings is 1. The summed E-state index contributed by atoms with van der Waals surface area (Å²) in [7, 11) is -1.07. The van der Waals surface area contributed by atoms with Crippen LogP contribution >= 0.6 is 11.3 Å². The number of hydrogen-bond acceptors (Lipinski definition) is 3. The van der Waals surface area contributed by atoms with E-state index in [1.165, 1.54) is 17.4 Å². The number of thiophene rings is 1. The summed E-state index contributed by atoms with van der Waals surface area (Å²) in [6, 6.07) is 2.86. The van der Waals surface area contributed by atoms with Crippen LogP contribution in [0.1, 0.15) is 19.0 Å². The Labute approximate surface area is 97.8 Å². The largest absolute Gasteiger partial charge is 0.280 e. The molecule has 0 bridgehead atoms. The smallest absolute Gasteiger partial charge is 0.254 e. The lowest BCUT2D eigenvalue weighted by Crippen LogP contribution is -1.93. The minimum absolute atomic E-state index is 0.233. The average Bonchev–Trinajstić information content (AvgIpc) is 2.70. The maximum absolute atomic E-state index is 12.4. The highest BCUT2D eigenvalue weighted by Crippen LogP contribution is 2.29. The van der Waals surface area contributed by atoms with Crippen LogP contribution in [0.2, 0.25) is 0 Å². The van der Waals surface area contributed by atoms with Crippen LogP contribution in [0.3, 0.4) is 0 Å². The third-order valence-electron chi connectivity index (χ3n) is 2.16. The first-order chi connectivity index (χ1) is 7.63. The average molecular weight is 261 g/mol. The quantitative estimate of drug-likeness (QED) is 0.848. The van der Waals surface area contributed by atoms with E-state index in [9.17, 15) is 13.0 Å². The van der Waals surface area contributed by atoms with E-state index < -0.39 is 17.2 Å². The predicted molar refractivity (Wildman–Crippen MR) is 61.5 cm³/mol. The SMILES string of the molecule is CCS(=O)c1csc2nc(C(F)F)ccc12. The summed E-state index contributed by atoms with van der Waals surface area (Å²) in [5.41, 5.74) is -0.233. The monoisotopic (exact) mass is 261 g/mol. The lowest BCUT2D eigenvalue weighted by atomic mass is 10.3. The number of aromatic nitrogens is 1. The number of fused-ring (bicyclic) bond motifs is 1. The number of hydrogen-bond donors (Lipinski definition) is 0. The Morgan fingerprint density at radius 2 is 2.25 bits per heavy atom. The van der Waals surface area contributed by atoms with Gasteiger partial charge >= 0.3 is 0 Å². The van der Waals surface area contributed by atoms with Gasteiger partial charge in [0.05, 0.1) is 15.7 Å². The molecule has 0 spiro atoms. The maximum Gasteiger partial charge on any atom is 0.280 e. The zero-order valence-corrected chi connectivity index (χ0v) is 10.1. The third-order valence-corrected chi connectivity index (χ3v) is 4.55. The molecule has 0 aromatic carbocycles. The molecule has 6 heteroatoms. The Kier molecular flexibility index (Phi) is 3.30. The summed E-state index contributed by atoms with van der Waals surface area (Å²) < 4.78 is 36.5. The van der Waals surface area contributed by atoms with E-state index in [1.54, 1.807) is 11.4 Å². The fraction of sp³-hybridized carbons (Fsp3) is 0.300. The highest BCUT2D eigenvalue weighted by molar-refractivity contribution is 7.85. The van der Waals surface area contributed by atoms with Crippen molar-refractivity contribution in [3.63, 3.8) is 0 Å². The molecule has 2 aromatic rings. The first-order valence-corrected chi connectivity index (χ1v) is 6.88. The van der Waals surface area contributed by atoms with Crippen molar-refractivity contribution in [3.05, 3.63) is 23.2 Å². The van der Waals surface area contributed by atoms with Crippen molar-refractivity contribution in [2.75, 3.05) is 5.75 Å². The molecule has 1 unspecified atom stereocenters. The number of halogens is 2. The van der Waals surface area contributed by atoms with Crippen molar-refractivity contribution in [2.24, 2.45) is 0 Å². The van der Waals surface area contributed by atoms with E-state index in [0.29, 0.717) is 15.5 Å². The molecule has 2 heterocycles. The molecule has 0 aliphatic rings. The van der Waals surface area contributed by atoms with Crippen LogP contribution < -0.4 is 0 Å². The first kappa shape index (κ1) is 11.6. The van der Waals surface area contributed by atoms with Crippen LogP contribution in [-0.2, 0) is 10.8 Å². The minimum Gasteiger partial charge on any atom is -0.254 e. The first-order valence-electron chi connectivity index (χ1n) is 4.68. The summed E-state index contributed by atoms with van der Waals surface area (Å²) in [6.45, 7) is 1.82. The Balaban J connectivity index is 2.54. The van der Waals surface area contributed by atoms with Gasteiger partial charge in [-0.3, -0.25) is 4.21 Å². The van der Waals surface area contributed by atoms with Gasteiger partial charge in [0.15, 0.2) is 0 Å². The van der Waals surface area contributed by atoms with Crippen LogP contribution in [0.25, 0.3) is 10.2 Å². The summed E-state index contributed by atoms with van der Waals surface area (Å²) in [5, 5.41) is 2.45. The molecule has 2 rings (SSSR count). The van der Waals surface area contributed by atoms with Crippen LogP contribution in [0.4, 0.5) is 8.78 Å². The van der Waals surface area contributed by atoms with Gasteiger partial charge in [-0.2, -0.15) is 0 Å². The highest BCUT2D eigenvalue weighted by atomic mass is 32.2. The minimum atomic E-state index is -2.56. The number of nitrogens with zero attached hydrogens (tertiary/aromatic N) is 1. The molecule has 16 heavy (non-hydrogen) atoms. The fourth-order valence-corrected chi connectivity index (χ4v) is 3.53. The van der Waals surface area contributed by atoms with E-state index in [4.69, 9.17) is 0 Å². The Bertz CT molecular complexity index is 539. The van der Waals surface area contributed by atoms with Crippen molar-refractivity contribution >= 4 is 32.4 Å². The molecule has 0 amide bonds. The van der Waals surface area contributed by atoms with Gasteiger partial charge in [0.1, 0.15) is 10.5 Å². The van der Waals surface area contributed by atoms with Gasteiger partial charge in [-0.1, -0.05) is 6.92 Å². The van der Waals surface area contributed by atoms with Crippen molar-refractivity contribution in [1.29, 1.82) is 0 Å². The topological polar surface area (TPSA) is 30.0 Å². The lowest BCUT2D eigenvalue weighted by molar-refractivity contribution is 0.146. The molecule has 0 aliphatic heterocycles. The molecule has 0 radical (unpaired) electrons. The standard InChI is InChI=1S/C10H9F2NOS2/c1-2-16(14)8-5-15-10-6(8)3-4-7(13-10)9(11)12/h3-5,9H,2H2,1H3. The summed E-state index contributed by atoms with van der Waals surface area (Å²) in [4.78, 5) is 5.06. The van der Waals surface area contributed by atoms with Crippen LogP contribution in [-0.4, -0.2) is 14.9 Å². The van der Waals surface area contributed by atoms with Gasteiger partial charge in [-0.05, 0) is 12.1 Å². The second kappa shape index (κ2) is 4.55. The predicted octanol–water partition coefficient (Wildman–Crippen LogP) is 3.36. The second-order valence-corrected chi connectivity index (χ2v) is 5.69. The van der Waals surface area contributed by atoms with Gasteiger partial charge in [0.2, 0.25) is 0 Å². The normalized spacial score (nSPS) is 13.5. The van der Waals surface area contributed by atoms with Crippen LogP contribution in [0.5, 0.6) is 0 Å². The van der Waals surface area contributed by atoms with Crippen molar-refractivity contribution < 1.29 is 13.0 Å². The van der Waals surface area contributed by atoms with E-state index in [2.05, 4.69) is 4.98 Å². The van der Waals surface area contributed by atoms with E-state index >= 15 is 0 Å². The van der Waals surface area contributed by atoms with Crippen molar-refractivity contribution in [2.45, 2.75) is 18.2 Å².